The van der Waals surface area contributed by atoms with Crippen molar-refractivity contribution < 1.29 is 13.9 Å². The fraction of sp³-hybridized carbons (Fsp3) is 0.211. The van der Waals surface area contributed by atoms with Crippen LogP contribution in [-0.4, -0.2) is 5.11 Å². The largest absolute Gasteiger partial charge is 0.506 e. The molecule has 0 unspecified atom stereocenters. The lowest BCUT2D eigenvalue weighted by atomic mass is 10.0. The number of hydrogen-bond donors (Lipinski definition) is 2. The van der Waals surface area contributed by atoms with Crippen LogP contribution in [0.5, 0.6) is 5.75 Å². The van der Waals surface area contributed by atoms with E-state index in [4.69, 9.17) is 16.0 Å². The van der Waals surface area contributed by atoms with Crippen LogP contribution in [0.4, 0.5) is 4.39 Å². The standard InChI is InChI=1S/C19H17ClFNO3.ClH/c1-2-11-7-17(23)25-19-13(11)8-15(20)18(24)14(19)10-22-9-12-5-3-4-6-16(12)21;/h3-8,22,24H,2,9-10H2,1H3;1H. The van der Waals surface area contributed by atoms with Gasteiger partial charge in [-0.3, -0.25) is 0 Å². The Morgan fingerprint density at radius 3 is 2.62 bits per heavy atom. The van der Waals surface area contributed by atoms with Gasteiger partial charge in [-0.2, -0.15) is 0 Å². The quantitative estimate of drug-likeness (QED) is 0.619. The topological polar surface area (TPSA) is 62.5 Å². The fourth-order valence-corrected chi connectivity index (χ4v) is 3.02. The Morgan fingerprint density at radius 2 is 1.92 bits per heavy atom. The number of aryl methyl sites for hydroxylation is 1. The third-order valence-electron chi connectivity index (χ3n) is 4.10. The summed E-state index contributed by atoms with van der Waals surface area (Å²) in [6.45, 7) is 2.36. The lowest BCUT2D eigenvalue weighted by Gasteiger charge is -2.13. The van der Waals surface area contributed by atoms with Gasteiger partial charge in [-0.05, 0) is 24.1 Å². The number of rotatable bonds is 5. The molecule has 1 aromatic heterocycles. The van der Waals surface area contributed by atoms with E-state index >= 15 is 0 Å². The van der Waals surface area contributed by atoms with Gasteiger partial charge >= 0.3 is 5.63 Å². The van der Waals surface area contributed by atoms with Crippen LogP contribution in [0.15, 0.2) is 45.6 Å². The zero-order valence-corrected chi connectivity index (χ0v) is 15.6. The predicted octanol–water partition coefficient (Wildman–Crippen LogP) is 4.57. The van der Waals surface area contributed by atoms with Crippen molar-refractivity contribution in [1.82, 2.24) is 5.32 Å². The fourth-order valence-electron chi connectivity index (χ4n) is 2.80. The molecule has 0 aliphatic carbocycles. The Kier molecular flexibility index (Phi) is 6.64. The summed E-state index contributed by atoms with van der Waals surface area (Å²) < 4.78 is 19.0. The van der Waals surface area contributed by atoms with Crippen molar-refractivity contribution in [2.24, 2.45) is 0 Å². The van der Waals surface area contributed by atoms with Gasteiger partial charge < -0.3 is 14.8 Å². The maximum Gasteiger partial charge on any atom is 0.336 e. The number of halogens is 3. The number of fused-ring (bicyclic) bond motifs is 1. The summed E-state index contributed by atoms with van der Waals surface area (Å²) in [6, 6.07) is 9.44. The third kappa shape index (κ3) is 4.01. The Labute approximate surface area is 161 Å². The maximum atomic E-state index is 13.7. The van der Waals surface area contributed by atoms with Crippen molar-refractivity contribution in [3.8, 4) is 5.75 Å². The highest BCUT2D eigenvalue weighted by Gasteiger charge is 2.16. The van der Waals surface area contributed by atoms with Crippen molar-refractivity contribution in [2.45, 2.75) is 26.4 Å². The second-order valence-electron chi connectivity index (χ2n) is 5.70. The second kappa shape index (κ2) is 8.54. The lowest BCUT2D eigenvalue weighted by molar-refractivity contribution is 0.460. The summed E-state index contributed by atoms with van der Waals surface area (Å²) in [7, 11) is 0. The Bertz CT molecular complexity index is 988. The van der Waals surface area contributed by atoms with E-state index < -0.39 is 5.63 Å². The molecule has 0 aliphatic rings. The number of phenolic OH excluding ortho intramolecular Hbond substituents is 1. The van der Waals surface area contributed by atoms with Crippen molar-refractivity contribution in [2.75, 3.05) is 0 Å². The molecule has 0 bridgehead atoms. The molecule has 138 valence electrons. The van der Waals surface area contributed by atoms with Gasteiger partial charge in [-0.25, -0.2) is 9.18 Å². The van der Waals surface area contributed by atoms with Gasteiger partial charge in [0, 0.05) is 30.1 Å². The van der Waals surface area contributed by atoms with Crippen LogP contribution in [0.25, 0.3) is 11.0 Å². The van der Waals surface area contributed by atoms with E-state index in [-0.39, 0.29) is 42.1 Å². The molecule has 0 aliphatic heterocycles. The Hall–Kier alpha value is -2.08. The second-order valence-corrected chi connectivity index (χ2v) is 6.11. The minimum atomic E-state index is -0.485. The molecule has 0 saturated carbocycles. The average Bonchev–Trinajstić information content (AvgIpc) is 2.60. The van der Waals surface area contributed by atoms with E-state index in [0.717, 1.165) is 5.56 Å². The predicted molar refractivity (Wildman–Crippen MR) is 103 cm³/mol. The molecular formula is C19H18Cl2FNO3. The number of hydrogen-bond acceptors (Lipinski definition) is 4. The summed E-state index contributed by atoms with van der Waals surface area (Å²) in [4.78, 5) is 11.8. The van der Waals surface area contributed by atoms with Gasteiger partial charge in [0.2, 0.25) is 0 Å². The number of phenols is 1. The van der Waals surface area contributed by atoms with Crippen LogP contribution in [-0.2, 0) is 19.5 Å². The van der Waals surface area contributed by atoms with Gasteiger partial charge in [-0.15, -0.1) is 12.4 Å². The average molecular weight is 398 g/mol. The van der Waals surface area contributed by atoms with E-state index in [0.29, 0.717) is 28.5 Å². The Balaban J connectivity index is 0.00000243. The first-order valence-corrected chi connectivity index (χ1v) is 8.30. The summed E-state index contributed by atoms with van der Waals surface area (Å²) >= 11 is 6.13. The maximum absolute atomic E-state index is 13.7. The van der Waals surface area contributed by atoms with E-state index in [1.54, 1.807) is 24.3 Å². The molecule has 0 saturated heterocycles. The number of benzene rings is 2. The molecule has 3 rings (SSSR count). The van der Waals surface area contributed by atoms with Crippen LogP contribution in [0.2, 0.25) is 5.02 Å². The van der Waals surface area contributed by atoms with Crippen LogP contribution in [0, 0.1) is 5.82 Å². The molecular weight excluding hydrogens is 380 g/mol. The first-order valence-electron chi connectivity index (χ1n) is 7.92. The monoisotopic (exact) mass is 397 g/mol. The summed E-state index contributed by atoms with van der Waals surface area (Å²) in [5.74, 6) is -0.457. The van der Waals surface area contributed by atoms with Crippen molar-refractivity contribution >= 4 is 35.0 Å². The van der Waals surface area contributed by atoms with Crippen LogP contribution in [0.1, 0.15) is 23.6 Å². The van der Waals surface area contributed by atoms with Gasteiger partial charge in [0.1, 0.15) is 17.1 Å². The highest BCUT2D eigenvalue weighted by atomic mass is 35.5. The summed E-state index contributed by atoms with van der Waals surface area (Å²) in [5.41, 5.74) is 1.49. The molecule has 0 fully saturated rings. The van der Waals surface area contributed by atoms with Crippen molar-refractivity contribution in [3.05, 3.63) is 74.3 Å². The minimum absolute atomic E-state index is 0. The molecule has 0 atom stereocenters. The summed E-state index contributed by atoms with van der Waals surface area (Å²) in [6.07, 6.45) is 0.630. The zero-order valence-electron chi connectivity index (χ0n) is 14.0. The molecule has 2 aromatic carbocycles. The normalized spacial score (nSPS) is 10.7. The first kappa shape index (κ1) is 20.2. The molecule has 2 N–H and O–H groups in total. The number of aromatic hydroxyl groups is 1. The zero-order chi connectivity index (χ0) is 18.0. The molecule has 0 amide bonds. The molecule has 0 radical (unpaired) electrons. The molecule has 3 aromatic rings. The molecule has 4 nitrogen and oxygen atoms in total. The van der Waals surface area contributed by atoms with Crippen LogP contribution < -0.4 is 10.9 Å². The van der Waals surface area contributed by atoms with E-state index in [9.17, 15) is 14.3 Å². The van der Waals surface area contributed by atoms with Crippen molar-refractivity contribution in [1.29, 1.82) is 0 Å². The van der Waals surface area contributed by atoms with Gasteiger partial charge in [0.25, 0.3) is 0 Å². The minimum Gasteiger partial charge on any atom is -0.506 e. The molecule has 7 heteroatoms. The van der Waals surface area contributed by atoms with Crippen molar-refractivity contribution in [3.63, 3.8) is 0 Å². The first-order chi connectivity index (χ1) is 12.0. The summed E-state index contributed by atoms with van der Waals surface area (Å²) in [5, 5.41) is 14.2. The molecule has 1 heterocycles. The van der Waals surface area contributed by atoms with Gasteiger partial charge in [0.05, 0.1) is 10.6 Å². The molecule has 0 spiro atoms. The highest BCUT2D eigenvalue weighted by molar-refractivity contribution is 6.33. The van der Waals surface area contributed by atoms with Crippen LogP contribution >= 0.6 is 24.0 Å². The van der Waals surface area contributed by atoms with E-state index in [2.05, 4.69) is 5.32 Å². The van der Waals surface area contributed by atoms with Gasteiger partial charge in [-0.1, -0.05) is 36.7 Å². The smallest absolute Gasteiger partial charge is 0.336 e. The molecule has 26 heavy (non-hydrogen) atoms. The third-order valence-corrected chi connectivity index (χ3v) is 4.39. The highest BCUT2D eigenvalue weighted by Crippen LogP contribution is 2.35. The van der Waals surface area contributed by atoms with Crippen LogP contribution in [0.3, 0.4) is 0 Å². The van der Waals surface area contributed by atoms with E-state index in [1.165, 1.54) is 12.1 Å². The van der Waals surface area contributed by atoms with E-state index in [1.807, 2.05) is 6.92 Å². The SMILES string of the molecule is CCc1cc(=O)oc2c(CNCc3ccccc3F)c(O)c(Cl)cc12.Cl. The Morgan fingerprint density at radius 1 is 1.19 bits per heavy atom. The number of nitrogens with one attached hydrogen (secondary N) is 1. The van der Waals surface area contributed by atoms with Gasteiger partial charge in [0.15, 0.2) is 0 Å². The lowest BCUT2D eigenvalue weighted by Crippen LogP contribution is -2.15.